The molecule has 4 rings (SSSR count). The van der Waals surface area contributed by atoms with Gasteiger partial charge in [0.1, 0.15) is 5.69 Å². The summed E-state index contributed by atoms with van der Waals surface area (Å²) < 4.78 is 15.8. The van der Waals surface area contributed by atoms with E-state index < -0.39 is 5.82 Å². The number of hydrogen-bond donors (Lipinski definition) is 1. The molecule has 0 atom stereocenters. The van der Waals surface area contributed by atoms with Crippen LogP contribution in [0.4, 0.5) is 4.39 Å². The van der Waals surface area contributed by atoms with E-state index in [4.69, 9.17) is 0 Å². The smallest absolute Gasteiger partial charge is 0.269 e. The molecule has 0 saturated carbocycles. The van der Waals surface area contributed by atoms with Crippen LogP contribution in [0, 0.1) is 24.1 Å². The second-order valence-corrected chi connectivity index (χ2v) is 8.56. The van der Waals surface area contributed by atoms with Gasteiger partial charge in [0, 0.05) is 45.1 Å². The van der Waals surface area contributed by atoms with Gasteiger partial charge in [-0.1, -0.05) is 12.1 Å². The number of hydrogen-bond acceptors (Lipinski definition) is 3. The highest BCUT2D eigenvalue weighted by Crippen LogP contribution is 2.38. The van der Waals surface area contributed by atoms with Gasteiger partial charge in [-0.25, -0.2) is 4.39 Å². The van der Waals surface area contributed by atoms with Crippen molar-refractivity contribution in [3.05, 3.63) is 64.6 Å². The van der Waals surface area contributed by atoms with Crippen molar-refractivity contribution < 1.29 is 14.0 Å². The number of nitriles is 1. The molecular formula is C26H25FN4O2. The van der Waals surface area contributed by atoms with Gasteiger partial charge in [0.2, 0.25) is 5.91 Å². The van der Waals surface area contributed by atoms with Gasteiger partial charge in [0.15, 0.2) is 5.82 Å². The van der Waals surface area contributed by atoms with E-state index in [0.717, 1.165) is 22.3 Å². The average molecular weight is 445 g/mol. The maximum absolute atomic E-state index is 15.8. The standard InChI is InChI=1S/C26H25FN4O2/c1-15-7-8-17(13-28)10-19(15)21-11-20(18-6-5-9-31(14-18)16(2)32)24(27)25-22(21)12-23(29-25)26(33)30(3)4/h6-8,10-12,29H,5,9,14H2,1-4H3. The maximum Gasteiger partial charge on any atom is 0.269 e. The van der Waals surface area contributed by atoms with Crippen LogP contribution < -0.4 is 0 Å². The van der Waals surface area contributed by atoms with Gasteiger partial charge in [0.25, 0.3) is 5.91 Å². The van der Waals surface area contributed by atoms with Crippen LogP contribution in [0.2, 0.25) is 0 Å². The lowest BCUT2D eigenvalue weighted by Gasteiger charge is -2.27. The van der Waals surface area contributed by atoms with Crippen molar-refractivity contribution in [3.8, 4) is 17.2 Å². The molecule has 1 aliphatic heterocycles. The lowest BCUT2D eigenvalue weighted by molar-refractivity contribution is -0.128. The molecule has 2 heterocycles. The Balaban J connectivity index is 2.00. The number of amides is 2. The Hall–Kier alpha value is -3.92. The number of benzene rings is 2. The third-order valence-corrected chi connectivity index (χ3v) is 6.09. The molecule has 6 nitrogen and oxygen atoms in total. The first-order valence-electron chi connectivity index (χ1n) is 10.7. The molecular weight excluding hydrogens is 419 g/mol. The molecule has 1 aromatic heterocycles. The van der Waals surface area contributed by atoms with Crippen LogP contribution in [0.3, 0.4) is 0 Å². The van der Waals surface area contributed by atoms with Crippen molar-refractivity contribution in [2.75, 3.05) is 27.2 Å². The molecule has 168 valence electrons. The Morgan fingerprint density at radius 1 is 1.15 bits per heavy atom. The van der Waals surface area contributed by atoms with E-state index in [1.54, 1.807) is 43.3 Å². The molecule has 0 fully saturated rings. The van der Waals surface area contributed by atoms with Crippen molar-refractivity contribution in [2.45, 2.75) is 20.3 Å². The van der Waals surface area contributed by atoms with Crippen molar-refractivity contribution in [3.63, 3.8) is 0 Å². The number of nitrogens with zero attached hydrogens (tertiary/aromatic N) is 3. The summed E-state index contributed by atoms with van der Waals surface area (Å²) in [4.78, 5) is 30.7. The van der Waals surface area contributed by atoms with Crippen LogP contribution in [-0.2, 0) is 4.79 Å². The summed E-state index contributed by atoms with van der Waals surface area (Å²) in [5, 5.41) is 9.99. The predicted octanol–water partition coefficient (Wildman–Crippen LogP) is 4.49. The summed E-state index contributed by atoms with van der Waals surface area (Å²) in [6.07, 6.45) is 2.60. The first-order valence-corrected chi connectivity index (χ1v) is 10.7. The monoisotopic (exact) mass is 444 g/mol. The second kappa shape index (κ2) is 8.55. The molecule has 1 aliphatic rings. The van der Waals surface area contributed by atoms with Crippen LogP contribution >= 0.6 is 0 Å². The van der Waals surface area contributed by atoms with E-state index in [2.05, 4.69) is 11.1 Å². The van der Waals surface area contributed by atoms with Crippen LogP contribution in [0.5, 0.6) is 0 Å². The quantitative estimate of drug-likeness (QED) is 0.646. The number of halogens is 1. The summed E-state index contributed by atoms with van der Waals surface area (Å²) in [6.45, 7) is 4.36. The first-order chi connectivity index (χ1) is 15.7. The lowest BCUT2D eigenvalue weighted by Crippen LogP contribution is -2.33. The molecule has 1 N–H and O–H groups in total. The Kier molecular flexibility index (Phi) is 5.77. The zero-order chi connectivity index (χ0) is 23.9. The fourth-order valence-electron chi connectivity index (χ4n) is 4.26. The fourth-order valence-corrected chi connectivity index (χ4v) is 4.26. The molecule has 3 aromatic rings. The number of carbonyl (C=O) groups is 2. The Morgan fingerprint density at radius 3 is 2.58 bits per heavy atom. The molecule has 0 radical (unpaired) electrons. The molecule has 33 heavy (non-hydrogen) atoms. The number of H-pyrrole nitrogens is 1. The highest BCUT2D eigenvalue weighted by Gasteiger charge is 2.24. The van der Waals surface area contributed by atoms with Gasteiger partial charge in [-0.05, 0) is 59.9 Å². The zero-order valence-electron chi connectivity index (χ0n) is 19.1. The van der Waals surface area contributed by atoms with Crippen LogP contribution in [0.15, 0.2) is 36.4 Å². The molecule has 0 unspecified atom stereocenters. The number of aryl methyl sites for hydroxylation is 1. The van der Waals surface area contributed by atoms with Gasteiger partial charge in [-0.3, -0.25) is 9.59 Å². The Labute approximate surface area is 191 Å². The number of aromatic amines is 1. The normalized spacial score (nSPS) is 13.6. The van der Waals surface area contributed by atoms with E-state index in [-0.39, 0.29) is 23.0 Å². The van der Waals surface area contributed by atoms with E-state index in [0.29, 0.717) is 36.0 Å². The van der Waals surface area contributed by atoms with Gasteiger partial charge >= 0.3 is 0 Å². The van der Waals surface area contributed by atoms with Gasteiger partial charge in [-0.2, -0.15) is 5.26 Å². The molecule has 0 spiro atoms. The number of nitrogens with one attached hydrogen (secondary N) is 1. The van der Waals surface area contributed by atoms with Crippen LogP contribution in [0.1, 0.15) is 40.5 Å². The van der Waals surface area contributed by atoms with Crippen molar-refractivity contribution in [2.24, 2.45) is 0 Å². The van der Waals surface area contributed by atoms with Gasteiger partial charge in [-0.15, -0.1) is 0 Å². The number of carbonyl (C=O) groups excluding carboxylic acids is 2. The molecule has 0 aliphatic carbocycles. The van der Waals surface area contributed by atoms with Gasteiger partial charge in [0.05, 0.1) is 17.1 Å². The van der Waals surface area contributed by atoms with Crippen LogP contribution in [-0.4, -0.2) is 53.8 Å². The average Bonchev–Trinajstić information content (AvgIpc) is 3.25. The minimum Gasteiger partial charge on any atom is -0.348 e. The summed E-state index contributed by atoms with van der Waals surface area (Å²) in [7, 11) is 3.28. The molecule has 2 amide bonds. The van der Waals surface area contributed by atoms with Gasteiger partial charge < -0.3 is 14.8 Å². The maximum atomic E-state index is 15.8. The lowest BCUT2D eigenvalue weighted by atomic mass is 9.91. The number of aromatic nitrogens is 1. The van der Waals surface area contributed by atoms with Crippen molar-refractivity contribution in [1.29, 1.82) is 5.26 Å². The van der Waals surface area contributed by atoms with Crippen LogP contribution in [0.25, 0.3) is 27.6 Å². The van der Waals surface area contributed by atoms with Crippen molar-refractivity contribution >= 4 is 28.3 Å². The van der Waals surface area contributed by atoms with E-state index >= 15 is 4.39 Å². The molecule has 0 saturated heterocycles. The molecule has 7 heteroatoms. The Morgan fingerprint density at radius 2 is 1.91 bits per heavy atom. The SMILES string of the molecule is CC(=O)N1CCC=C(c2cc(-c3cc(C#N)ccc3C)c3cc(C(=O)N(C)C)[nH]c3c2F)C1. The second-order valence-electron chi connectivity index (χ2n) is 8.56. The summed E-state index contributed by atoms with van der Waals surface area (Å²) in [5.41, 5.74) is 4.57. The van der Waals surface area contributed by atoms with Crippen molar-refractivity contribution in [1.82, 2.24) is 14.8 Å². The van der Waals surface area contributed by atoms with E-state index in [9.17, 15) is 14.9 Å². The van der Waals surface area contributed by atoms with E-state index in [1.165, 1.54) is 11.8 Å². The molecule has 0 bridgehead atoms. The topological polar surface area (TPSA) is 80.2 Å². The highest BCUT2D eigenvalue weighted by atomic mass is 19.1. The Bertz CT molecular complexity index is 1360. The fraction of sp³-hybridized carbons (Fsp3) is 0.269. The minimum absolute atomic E-state index is 0.0568. The minimum atomic E-state index is -0.461. The van der Waals surface area contributed by atoms with E-state index in [1.807, 2.05) is 19.1 Å². The largest absolute Gasteiger partial charge is 0.348 e. The molecule has 2 aromatic carbocycles. The zero-order valence-corrected chi connectivity index (χ0v) is 19.1. The third kappa shape index (κ3) is 4.00. The highest BCUT2D eigenvalue weighted by molar-refractivity contribution is 6.05. The third-order valence-electron chi connectivity index (χ3n) is 6.09. The summed E-state index contributed by atoms with van der Waals surface area (Å²) >= 11 is 0. The summed E-state index contributed by atoms with van der Waals surface area (Å²) in [6, 6.07) is 11.0. The predicted molar refractivity (Wildman–Crippen MR) is 126 cm³/mol. The number of fused-ring (bicyclic) bond motifs is 1. The first kappa shape index (κ1) is 22.3. The number of rotatable bonds is 3. The summed E-state index contributed by atoms with van der Waals surface area (Å²) in [5.74, 6) is -0.781.